The first-order chi connectivity index (χ1) is 5.47. The second kappa shape index (κ2) is 3.31. The predicted octanol–water partition coefficient (Wildman–Crippen LogP) is 2.29. The van der Waals surface area contributed by atoms with Crippen molar-refractivity contribution in [2.45, 2.75) is 39.2 Å². The first kappa shape index (κ1) is 9.33. The molecule has 0 radical (unpaired) electrons. The lowest BCUT2D eigenvalue weighted by molar-refractivity contribution is 0.0698. The van der Waals surface area contributed by atoms with Gasteiger partial charge in [-0.1, -0.05) is 0 Å². The Hall–Kier alpha value is -0.760. The molecule has 2 nitrogen and oxygen atoms in total. The fourth-order valence-corrected chi connectivity index (χ4v) is 1.05. The zero-order valence-corrected chi connectivity index (χ0v) is 7.92. The first-order valence-electron chi connectivity index (χ1n) is 4.25. The Bertz CT molecular complexity index is 243. The molecule has 0 aromatic carbocycles. The molecule has 12 heavy (non-hydrogen) atoms. The largest absolute Gasteiger partial charge is 0.466 e. The molecular weight excluding hydrogens is 152 g/mol. The smallest absolute Gasteiger partial charge is 0.104 e. The highest BCUT2D eigenvalue weighted by Crippen LogP contribution is 2.14. The van der Waals surface area contributed by atoms with Crippen molar-refractivity contribution in [1.29, 1.82) is 0 Å². The molecule has 0 amide bonds. The van der Waals surface area contributed by atoms with E-state index in [4.69, 9.17) is 4.42 Å². The quantitative estimate of drug-likeness (QED) is 0.751. The summed E-state index contributed by atoms with van der Waals surface area (Å²) in [6, 6.07) is 3.90. The van der Waals surface area contributed by atoms with E-state index in [-0.39, 0.29) is 0 Å². The molecular formula is C10H16O2. The molecule has 1 heterocycles. The van der Waals surface area contributed by atoms with Gasteiger partial charge in [-0.05, 0) is 39.3 Å². The molecule has 0 aliphatic heterocycles. The molecule has 0 atom stereocenters. The summed E-state index contributed by atoms with van der Waals surface area (Å²) in [6.45, 7) is 5.54. The summed E-state index contributed by atoms with van der Waals surface area (Å²) in [5, 5.41) is 9.44. The van der Waals surface area contributed by atoms with E-state index in [9.17, 15) is 5.11 Å². The van der Waals surface area contributed by atoms with Crippen molar-refractivity contribution in [3.05, 3.63) is 23.7 Å². The summed E-state index contributed by atoms with van der Waals surface area (Å²) in [4.78, 5) is 0. The Labute approximate surface area is 73.2 Å². The lowest BCUT2D eigenvalue weighted by Gasteiger charge is -2.15. The van der Waals surface area contributed by atoms with Crippen LogP contribution in [0, 0.1) is 6.92 Å². The number of aryl methyl sites for hydroxylation is 2. The lowest BCUT2D eigenvalue weighted by Crippen LogP contribution is -2.18. The topological polar surface area (TPSA) is 33.4 Å². The highest BCUT2D eigenvalue weighted by atomic mass is 16.3. The van der Waals surface area contributed by atoms with Gasteiger partial charge in [0.15, 0.2) is 0 Å². The minimum atomic E-state index is -0.597. The molecule has 2 heteroatoms. The van der Waals surface area contributed by atoms with E-state index in [1.165, 1.54) is 0 Å². The third-order valence-electron chi connectivity index (χ3n) is 1.78. The number of hydrogen-bond acceptors (Lipinski definition) is 2. The van der Waals surface area contributed by atoms with Gasteiger partial charge in [0.25, 0.3) is 0 Å². The fourth-order valence-electron chi connectivity index (χ4n) is 1.05. The van der Waals surface area contributed by atoms with E-state index in [0.717, 1.165) is 24.4 Å². The zero-order chi connectivity index (χ0) is 9.19. The van der Waals surface area contributed by atoms with Crippen molar-refractivity contribution in [2.24, 2.45) is 0 Å². The van der Waals surface area contributed by atoms with Gasteiger partial charge in [0, 0.05) is 6.42 Å². The van der Waals surface area contributed by atoms with E-state index in [0.29, 0.717) is 0 Å². The summed E-state index contributed by atoms with van der Waals surface area (Å²) in [6.07, 6.45) is 1.54. The summed E-state index contributed by atoms with van der Waals surface area (Å²) >= 11 is 0. The van der Waals surface area contributed by atoms with Crippen LogP contribution in [0.3, 0.4) is 0 Å². The van der Waals surface area contributed by atoms with Crippen LogP contribution < -0.4 is 0 Å². The van der Waals surface area contributed by atoms with Crippen molar-refractivity contribution in [3.63, 3.8) is 0 Å². The first-order valence-corrected chi connectivity index (χ1v) is 4.25. The van der Waals surface area contributed by atoms with Crippen molar-refractivity contribution in [3.8, 4) is 0 Å². The van der Waals surface area contributed by atoms with Gasteiger partial charge >= 0.3 is 0 Å². The maximum atomic E-state index is 9.44. The molecule has 0 bridgehead atoms. The second-order valence-electron chi connectivity index (χ2n) is 3.82. The van der Waals surface area contributed by atoms with Crippen LogP contribution in [0.5, 0.6) is 0 Å². The van der Waals surface area contributed by atoms with E-state index in [1.807, 2.05) is 32.9 Å². The van der Waals surface area contributed by atoms with Crippen molar-refractivity contribution < 1.29 is 9.52 Å². The molecule has 1 rings (SSSR count). The Balaban J connectivity index is 2.44. The molecule has 0 unspecified atom stereocenters. The van der Waals surface area contributed by atoms with Crippen LogP contribution in [0.15, 0.2) is 16.5 Å². The molecule has 0 saturated heterocycles. The fraction of sp³-hybridized carbons (Fsp3) is 0.600. The van der Waals surface area contributed by atoms with Crippen LogP contribution in [-0.2, 0) is 6.42 Å². The van der Waals surface area contributed by atoms with Gasteiger partial charge in [-0.15, -0.1) is 0 Å². The maximum absolute atomic E-state index is 9.44. The number of furan rings is 1. The van der Waals surface area contributed by atoms with Gasteiger partial charge in [0.1, 0.15) is 11.5 Å². The Morgan fingerprint density at radius 1 is 1.42 bits per heavy atom. The van der Waals surface area contributed by atoms with Crippen molar-refractivity contribution in [1.82, 2.24) is 0 Å². The predicted molar refractivity (Wildman–Crippen MR) is 48.1 cm³/mol. The highest BCUT2D eigenvalue weighted by molar-refractivity contribution is 5.05. The van der Waals surface area contributed by atoms with Gasteiger partial charge in [-0.3, -0.25) is 0 Å². The van der Waals surface area contributed by atoms with Crippen molar-refractivity contribution >= 4 is 0 Å². The Kier molecular flexibility index (Phi) is 2.58. The monoisotopic (exact) mass is 168 g/mol. The average Bonchev–Trinajstić information content (AvgIpc) is 2.30. The number of rotatable bonds is 3. The molecule has 1 aromatic rings. The molecule has 68 valence electrons. The van der Waals surface area contributed by atoms with Crippen LogP contribution >= 0.6 is 0 Å². The SMILES string of the molecule is Cc1ccc(CCC(C)(C)O)o1. The molecule has 0 aliphatic carbocycles. The Morgan fingerprint density at radius 3 is 2.50 bits per heavy atom. The van der Waals surface area contributed by atoms with Crippen molar-refractivity contribution in [2.75, 3.05) is 0 Å². The summed E-state index contributed by atoms with van der Waals surface area (Å²) in [7, 11) is 0. The van der Waals surface area contributed by atoms with Gasteiger partial charge in [-0.25, -0.2) is 0 Å². The molecule has 0 saturated carbocycles. The highest BCUT2D eigenvalue weighted by Gasteiger charge is 2.12. The third-order valence-corrected chi connectivity index (χ3v) is 1.78. The van der Waals surface area contributed by atoms with E-state index in [2.05, 4.69) is 0 Å². The summed E-state index contributed by atoms with van der Waals surface area (Å²) in [5.74, 6) is 1.88. The van der Waals surface area contributed by atoms with Crippen LogP contribution in [0.4, 0.5) is 0 Å². The molecule has 1 N–H and O–H groups in total. The average molecular weight is 168 g/mol. The Morgan fingerprint density at radius 2 is 2.08 bits per heavy atom. The van der Waals surface area contributed by atoms with Crippen LogP contribution in [0.1, 0.15) is 31.8 Å². The third kappa shape index (κ3) is 3.09. The molecule has 0 spiro atoms. The number of hydrogen-bond donors (Lipinski definition) is 1. The minimum absolute atomic E-state index is 0.597. The van der Waals surface area contributed by atoms with Crippen LogP contribution in [0.2, 0.25) is 0 Å². The zero-order valence-electron chi connectivity index (χ0n) is 7.92. The summed E-state index contributed by atoms with van der Waals surface area (Å²) in [5.41, 5.74) is -0.597. The van der Waals surface area contributed by atoms with Gasteiger partial charge < -0.3 is 9.52 Å². The standard InChI is InChI=1S/C10H16O2/c1-8-4-5-9(12-8)6-7-10(2,3)11/h4-5,11H,6-7H2,1-3H3. The van der Waals surface area contributed by atoms with E-state index in [1.54, 1.807) is 0 Å². The summed E-state index contributed by atoms with van der Waals surface area (Å²) < 4.78 is 5.37. The molecule has 1 aromatic heterocycles. The molecule has 0 fully saturated rings. The van der Waals surface area contributed by atoms with Gasteiger partial charge in [0.05, 0.1) is 5.60 Å². The van der Waals surface area contributed by atoms with E-state index >= 15 is 0 Å². The normalized spacial score (nSPS) is 12.0. The second-order valence-corrected chi connectivity index (χ2v) is 3.82. The minimum Gasteiger partial charge on any atom is -0.466 e. The lowest BCUT2D eigenvalue weighted by atomic mass is 10.0. The van der Waals surface area contributed by atoms with Gasteiger partial charge in [0.2, 0.25) is 0 Å². The van der Waals surface area contributed by atoms with Crippen LogP contribution in [-0.4, -0.2) is 10.7 Å². The number of aliphatic hydroxyl groups is 1. The van der Waals surface area contributed by atoms with E-state index < -0.39 is 5.60 Å². The van der Waals surface area contributed by atoms with Crippen LogP contribution in [0.25, 0.3) is 0 Å². The van der Waals surface area contributed by atoms with Gasteiger partial charge in [-0.2, -0.15) is 0 Å². The molecule has 0 aliphatic rings. The maximum Gasteiger partial charge on any atom is 0.104 e.